The number of unbranched alkanes of at least 4 members (excludes halogenated alkanes) is 13. The molecule has 0 fully saturated rings. The number of carbonyl (C=O) groups is 1. The third kappa shape index (κ3) is 27.6. The van der Waals surface area contributed by atoms with Crippen LogP contribution in [-0.4, -0.2) is 56.9 Å². The molecule has 0 saturated heterocycles. The molecule has 0 bridgehead atoms. The minimum atomic E-state index is -3.09. The van der Waals surface area contributed by atoms with Crippen molar-refractivity contribution >= 4 is 56.9 Å². The van der Waals surface area contributed by atoms with Crippen LogP contribution in [0, 0.1) is 0 Å². The number of ketones is 1. The molecule has 0 aliphatic heterocycles. The molecule has 0 spiro atoms. The van der Waals surface area contributed by atoms with Crippen molar-refractivity contribution in [2.24, 2.45) is 0 Å². The third-order valence-corrected chi connectivity index (χ3v) is 45.4. The van der Waals surface area contributed by atoms with Gasteiger partial charge >= 0.3 is 42.8 Å². The van der Waals surface area contributed by atoms with E-state index in [1.807, 2.05) is 0 Å². The fourth-order valence-corrected chi connectivity index (χ4v) is 49.9. The molecule has 0 aromatic rings. The van der Waals surface area contributed by atoms with Gasteiger partial charge in [-0.1, -0.05) is 264 Å². The van der Waals surface area contributed by atoms with Crippen LogP contribution in [0.5, 0.6) is 0 Å². The van der Waals surface area contributed by atoms with Crippen molar-refractivity contribution < 1.29 is 29.8 Å². The zero-order valence-corrected chi connectivity index (χ0v) is 55.1. The van der Waals surface area contributed by atoms with Gasteiger partial charge in [0, 0.05) is 19.0 Å². The van der Waals surface area contributed by atoms with Crippen LogP contribution in [0.15, 0.2) is 12.3 Å². The van der Waals surface area contributed by atoms with Crippen molar-refractivity contribution in [1.82, 2.24) is 0 Å². The number of hydrogen-bond donors (Lipinski definition) is 0. The number of rotatable bonds is 52. The summed E-state index contributed by atoms with van der Waals surface area (Å²) in [5, 5.41) is 0. The molecule has 0 aliphatic carbocycles. The Morgan fingerprint density at radius 1 is 0.290 bits per heavy atom. The van der Waals surface area contributed by atoms with Gasteiger partial charge in [0.2, 0.25) is 0 Å². The molecule has 13 heteroatoms. The average Bonchev–Trinajstić information content (AvgIpc) is 3.35. The normalized spacial score (nSPS) is 13.1. The lowest BCUT2D eigenvalue weighted by Gasteiger charge is -2.51. The minimum absolute atomic E-state index is 0.0938. The average molecular weight is 1080 g/mol. The van der Waals surface area contributed by atoms with E-state index in [1.54, 1.807) is 6.92 Å². The second kappa shape index (κ2) is 40.6. The second-order valence-corrected chi connectivity index (χ2v) is 43.9. The Balaban J connectivity index is 8.89. The maximum absolute atomic E-state index is 13.1. The van der Waals surface area contributed by atoms with E-state index in [0.29, 0.717) is 0 Å². The highest BCUT2D eigenvalue weighted by molar-refractivity contribution is 6.93. The van der Waals surface area contributed by atoms with Crippen LogP contribution in [0.2, 0.25) is 78.6 Å². The molecule has 0 atom stereocenters. The van der Waals surface area contributed by atoms with E-state index in [9.17, 15) is 4.79 Å². The standard InChI is InChI=1S/C56H122O7Si6/c1-16-29-42-64(43-30-17-2,44-31-18-3)59-66(47-34-21-6,48-35-22-7)61-68(51-38-25-10,52-39-26-11)63-69(53-40-27-12,54-41-28-13)62-67(49-36-23-8,50-37-24-9)60-65(45-32-19-4,46-33-20-5)58-56(15)55(14)57/h15-54H2,1-14H3. The predicted molar refractivity (Wildman–Crippen MR) is 317 cm³/mol. The van der Waals surface area contributed by atoms with Gasteiger partial charge in [0.1, 0.15) is 5.76 Å². The fraction of sp³-hybridized carbons (Fsp3) is 0.946. The molecular weight excluding hydrogens is 953 g/mol. The van der Waals surface area contributed by atoms with Crippen LogP contribution < -0.4 is 0 Å². The Hall–Kier alpha value is 0.311. The van der Waals surface area contributed by atoms with Gasteiger partial charge in [-0.15, -0.1) is 0 Å². The van der Waals surface area contributed by atoms with Crippen LogP contribution in [0.4, 0.5) is 0 Å². The summed E-state index contributed by atoms with van der Waals surface area (Å²) in [5.74, 6) is 0.180. The van der Waals surface area contributed by atoms with E-state index < -0.39 is 51.1 Å². The van der Waals surface area contributed by atoms with Gasteiger partial charge in [0.15, 0.2) is 14.1 Å². The summed E-state index contributed by atoms with van der Waals surface area (Å²) >= 11 is 0. The Morgan fingerprint density at radius 3 is 0.667 bits per heavy atom. The smallest absolute Gasteiger partial charge is 0.390 e. The quantitative estimate of drug-likeness (QED) is 0.0341. The molecule has 0 amide bonds. The molecule has 0 rings (SSSR count). The summed E-state index contributed by atoms with van der Waals surface area (Å²) < 4.78 is 49.6. The highest BCUT2D eigenvalue weighted by Gasteiger charge is 2.59. The molecule has 0 heterocycles. The lowest BCUT2D eigenvalue weighted by Crippen LogP contribution is -2.66. The van der Waals surface area contributed by atoms with Crippen molar-refractivity contribution in [2.45, 2.75) is 342 Å². The molecule has 7 nitrogen and oxygen atoms in total. The fourth-order valence-electron chi connectivity index (χ4n) is 10.3. The van der Waals surface area contributed by atoms with Gasteiger partial charge in [-0.25, -0.2) is 0 Å². The molecule has 69 heavy (non-hydrogen) atoms. The summed E-state index contributed by atoms with van der Waals surface area (Å²) in [6.07, 6.45) is 29.4. The van der Waals surface area contributed by atoms with Crippen molar-refractivity contribution in [3.8, 4) is 0 Å². The second-order valence-electron chi connectivity index (χ2n) is 21.7. The number of Topliss-reactive ketones (excluding diaryl/α,β-unsaturated/α-hetero) is 1. The van der Waals surface area contributed by atoms with Crippen LogP contribution in [0.3, 0.4) is 0 Å². The minimum Gasteiger partial charge on any atom is -0.518 e. The van der Waals surface area contributed by atoms with Crippen LogP contribution in [0.1, 0.15) is 264 Å². The molecule has 0 radical (unpaired) electrons. The SMILES string of the molecule is C=C(O[Si](CCCC)(CCCC)O[Si](CCCC)(CCCC)O[Si](CCCC)(CCCC)O[Si](CCCC)(CCCC)O[Si](CCCC)(CCCC)O[Si](CCCC)(CCCC)CCCC)C(C)=O. The van der Waals surface area contributed by atoms with E-state index in [2.05, 4.69) is 96.6 Å². The number of allylic oxidation sites excluding steroid dienone is 1. The van der Waals surface area contributed by atoms with Crippen molar-refractivity contribution in [2.75, 3.05) is 0 Å². The van der Waals surface area contributed by atoms with Gasteiger partial charge in [-0.3, -0.25) is 4.79 Å². The maximum atomic E-state index is 13.1. The Bertz CT molecular complexity index is 1200. The topological polar surface area (TPSA) is 72.5 Å². The number of hydrogen-bond acceptors (Lipinski definition) is 7. The molecule has 0 aromatic heterocycles. The zero-order chi connectivity index (χ0) is 52.0. The van der Waals surface area contributed by atoms with Crippen molar-refractivity contribution in [3.05, 3.63) is 12.3 Å². The molecule has 0 aliphatic rings. The summed E-state index contributed by atoms with van der Waals surface area (Å²) in [6, 6.07) is 13.6. The molecular formula is C56H122O7Si6. The predicted octanol–water partition coefficient (Wildman–Crippen LogP) is 20.7. The Labute approximate surface area is 439 Å². The molecule has 0 saturated carbocycles. The lowest BCUT2D eigenvalue weighted by molar-refractivity contribution is -0.115. The molecule has 0 aromatic carbocycles. The molecule has 412 valence electrons. The first-order valence-corrected chi connectivity index (χ1v) is 44.2. The molecule has 0 unspecified atom stereocenters. The van der Waals surface area contributed by atoms with E-state index in [4.69, 9.17) is 25.0 Å². The van der Waals surface area contributed by atoms with E-state index in [0.717, 1.165) is 189 Å². The largest absolute Gasteiger partial charge is 0.518 e. The van der Waals surface area contributed by atoms with Gasteiger partial charge in [-0.2, -0.15) is 0 Å². The summed E-state index contributed by atoms with van der Waals surface area (Å²) in [6.45, 7) is 36.4. The Kier molecular flexibility index (Phi) is 40.8. The molecule has 0 N–H and O–H groups in total. The van der Waals surface area contributed by atoms with Gasteiger partial charge in [0.05, 0.1) is 0 Å². The van der Waals surface area contributed by atoms with Crippen LogP contribution >= 0.6 is 0 Å². The monoisotopic (exact) mass is 1070 g/mol. The summed E-state index contributed by atoms with van der Waals surface area (Å²) in [4.78, 5) is 13.1. The number of carbonyl (C=O) groups excluding carboxylic acids is 1. The highest BCUT2D eigenvalue weighted by atomic mass is 28.5. The first-order valence-electron chi connectivity index (χ1n) is 30.5. The lowest BCUT2D eigenvalue weighted by atomic mass is 10.4. The first-order chi connectivity index (χ1) is 33.2. The first kappa shape index (κ1) is 69.3. The van der Waals surface area contributed by atoms with Crippen LogP contribution in [0.25, 0.3) is 0 Å². The maximum Gasteiger partial charge on any atom is 0.390 e. The van der Waals surface area contributed by atoms with Crippen molar-refractivity contribution in [3.63, 3.8) is 0 Å². The van der Waals surface area contributed by atoms with E-state index in [-0.39, 0.29) is 11.5 Å². The Morgan fingerprint density at radius 2 is 0.464 bits per heavy atom. The van der Waals surface area contributed by atoms with Crippen molar-refractivity contribution in [1.29, 1.82) is 0 Å². The summed E-state index contributed by atoms with van der Waals surface area (Å²) in [5.41, 5.74) is 0. The van der Waals surface area contributed by atoms with E-state index >= 15 is 0 Å². The van der Waals surface area contributed by atoms with E-state index in [1.165, 1.54) is 56.7 Å². The van der Waals surface area contributed by atoms with Gasteiger partial charge in [-0.05, 0) is 66.5 Å². The van der Waals surface area contributed by atoms with Gasteiger partial charge in [0.25, 0.3) is 0 Å². The van der Waals surface area contributed by atoms with Crippen LogP contribution in [-0.2, 0) is 29.8 Å². The highest BCUT2D eigenvalue weighted by Crippen LogP contribution is 2.45. The zero-order valence-electron chi connectivity index (χ0n) is 49.1. The van der Waals surface area contributed by atoms with Gasteiger partial charge < -0.3 is 25.0 Å². The third-order valence-electron chi connectivity index (χ3n) is 14.7. The summed E-state index contributed by atoms with van der Waals surface area (Å²) in [7, 11) is -17.2.